The number of ether oxygens (including phenoxy) is 1. The van der Waals surface area contributed by atoms with Crippen molar-refractivity contribution < 1.29 is 17.9 Å². The first-order chi connectivity index (χ1) is 8.45. The molecule has 102 valence electrons. The van der Waals surface area contributed by atoms with Crippen molar-refractivity contribution in [2.45, 2.75) is 38.8 Å². The van der Waals surface area contributed by atoms with Crippen LogP contribution in [0.4, 0.5) is 18.9 Å². The third kappa shape index (κ3) is 4.47. The summed E-state index contributed by atoms with van der Waals surface area (Å²) in [6.07, 6.45) is -0.566. The number of unbranched alkanes of at least 4 members (excludes halogenated alkanes) is 3. The van der Waals surface area contributed by atoms with Crippen molar-refractivity contribution in [3.63, 3.8) is 0 Å². The fourth-order valence-corrected chi connectivity index (χ4v) is 1.61. The molecule has 0 aliphatic heterocycles. The average molecular weight is 261 g/mol. The van der Waals surface area contributed by atoms with E-state index in [1.54, 1.807) is 0 Å². The Hall–Kier alpha value is -1.39. The Morgan fingerprint density at radius 2 is 1.89 bits per heavy atom. The predicted octanol–water partition coefficient (Wildman–Crippen LogP) is 4.25. The van der Waals surface area contributed by atoms with Crippen LogP contribution >= 0.6 is 0 Å². The molecule has 0 atom stereocenters. The molecule has 1 aromatic carbocycles. The van der Waals surface area contributed by atoms with Gasteiger partial charge in [-0.1, -0.05) is 26.2 Å². The topological polar surface area (TPSA) is 35.2 Å². The highest BCUT2D eigenvalue weighted by molar-refractivity contribution is 5.49. The molecule has 1 aromatic rings. The summed E-state index contributed by atoms with van der Waals surface area (Å²) in [5.74, 6) is -0.145. The summed E-state index contributed by atoms with van der Waals surface area (Å²) >= 11 is 0. The van der Waals surface area contributed by atoms with E-state index in [-0.39, 0.29) is 11.4 Å². The second kappa shape index (κ2) is 6.52. The third-order valence-corrected chi connectivity index (χ3v) is 2.56. The summed E-state index contributed by atoms with van der Waals surface area (Å²) in [4.78, 5) is 0. The van der Waals surface area contributed by atoms with Gasteiger partial charge in [-0.2, -0.15) is 13.2 Å². The van der Waals surface area contributed by atoms with E-state index in [0.29, 0.717) is 6.61 Å². The van der Waals surface area contributed by atoms with Gasteiger partial charge >= 0.3 is 6.18 Å². The molecule has 0 radical (unpaired) electrons. The summed E-state index contributed by atoms with van der Waals surface area (Å²) in [6, 6.07) is 3.59. The van der Waals surface area contributed by atoms with E-state index in [1.807, 2.05) is 0 Å². The van der Waals surface area contributed by atoms with E-state index in [9.17, 15) is 13.2 Å². The normalized spacial score (nSPS) is 11.6. The summed E-state index contributed by atoms with van der Waals surface area (Å²) < 4.78 is 43.4. The Bertz CT molecular complexity index is 377. The van der Waals surface area contributed by atoms with Crippen LogP contribution in [0.15, 0.2) is 18.2 Å². The molecule has 0 saturated heterocycles. The lowest BCUT2D eigenvalue weighted by Gasteiger charge is -2.14. The minimum atomic E-state index is -4.44. The van der Waals surface area contributed by atoms with Crippen LogP contribution in [0.3, 0.4) is 0 Å². The molecule has 0 saturated carbocycles. The number of nitrogens with two attached hydrogens (primary N) is 1. The van der Waals surface area contributed by atoms with Crippen molar-refractivity contribution in [2.75, 3.05) is 12.3 Å². The third-order valence-electron chi connectivity index (χ3n) is 2.56. The van der Waals surface area contributed by atoms with E-state index in [0.717, 1.165) is 31.7 Å². The molecule has 0 bridgehead atoms. The number of rotatable bonds is 6. The van der Waals surface area contributed by atoms with Gasteiger partial charge in [-0.05, 0) is 24.6 Å². The van der Waals surface area contributed by atoms with Crippen molar-refractivity contribution in [3.05, 3.63) is 23.8 Å². The maximum absolute atomic E-state index is 12.7. The van der Waals surface area contributed by atoms with Gasteiger partial charge in [0.05, 0.1) is 12.2 Å². The van der Waals surface area contributed by atoms with Crippen LogP contribution in [0, 0.1) is 0 Å². The van der Waals surface area contributed by atoms with Gasteiger partial charge in [0.2, 0.25) is 0 Å². The Morgan fingerprint density at radius 1 is 1.17 bits per heavy atom. The first-order valence-electron chi connectivity index (χ1n) is 6.04. The zero-order valence-electron chi connectivity index (χ0n) is 10.4. The Balaban J connectivity index is 2.65. The molecule has 0 fully saturated rings. The fraction of sp³-hybridized carbons (Fsp3) is 0.538. The van der Waals surface area contributed by atoms with Crippen LogP contribution in [0.25, 0.3) is 0 Å². The highest BCUT2D eigenvalue weighted by atomic mass is 19.4. The maximum atomic E-state index is 12.7. The summed E-state index contributed by atoms with van der Waals surface area (Å²) in [6.45, 7) is 2.37. The second-order valence-corrected chi connectivity index (χ2v) is 4.16. The van der Waals surface area contributed by atoms with Crippen LogP contribution < -0.4 is 10.5 Å². The number of anilines is 1. The average Bonchev–Trinajstić information content (AvgIpc) is 2.29. The molecule has 5 heteroatoms. The van der Waals surface area contributed by atoms with Gasteiger partial charge < -0.3 is 10.5 Å². The van der Waals surface area contributed by atoms with Crippen molar-refractivity contribution in [2.24, 2.45) is 0 Å². The van der Waals surface area contributed by atoms with Crippen molar-refractivity contribution in [3.8, 4) is 5.75 Å². The highest BCUT2D eigenvalue weighted by Crippen LogP contribution is 2.37. The molecular formula is C13H18F3NO. The minimum Gasteiger partial charge on any atom is -0.493 e. The molecule has 0 heterocycles. The smallest absolute Gasteiger partial charge is 0.420 e. The van der Waals surface area contributed by atoms with Crippen molar-refractivity contribution in [1.29, 1.82) is 0 Å². The van der Waals surface area contributed by atoms with Gasteiger partial charge in [0.1, 0.15) is 5.75 Å². The molecule has 18 heavy (non-hydrogen) atoms. The standard InChI is InChI=1S/C13H18F3NO/c1-2-3-4-5-8-18-12-7-6-10(17)9-11(12)13(14,15)16/h6-7,9H,2-5,8,17H2,1H3. The molecule has 0 aliphatic rings. The molecule has 2 nitrogen and oxygen atoms in total. The first-order valence-corrected chi connectivity index (χ1v) is 6.04. The summed E-state index contributed by atoms with van der Waals surface area (Å²) in [5, 5.41) is 0. The second-order valence-electron chi connectivity index (χ2n) is 4.16. The monoisotopic (exact) mass is 261 g/mol. The minimum absolute atomic E-state index is 0.0839. The Morgan fingerprint density at radius 3 is 2.50 bits per heavy atom. The van der Waals surface area contributed by atoms with Crippen LogP contribution in [0.1, 0.15) is 38.2 Å². The molecular weight excluding hydrogens is 243 g/mol. The van der Waals surface area contributed by atoms with Crippen LogP contribution in [0.5, 0.6) is 5.75 Å². The van der Waals surface area contributed by atoms with Crippen molar-refractivity contribution in [1.82, 2.24) is 0 Å². The van der Waals surface area contributed by atoms with Gasteiger partial charge in [0, 0.05) is 5.69 Å². The van der Waals surface area contributed by atoms with Gasteiger partial charge in [0.25, 0.3) is 0 Å². The molecule has 0 aromatic heterocycles. The SMILES string of the molecule is CCCCCCOc1ccc(N)cc1C(F)(F)F. The lowest BCUT2D eigenvalue weighted by molar-refractivity contribution is -0.138. The number of alkyl halides is 3. The number of nitrogen functional groups attached to an aromatic ring is 1. The first kappa shape index (κ1) is 14.7. The van der Waals surface area contributed by atoms with E-state index < -0.39 is 11.7 Å². The number of hydrogen-bond acceptors (Lipinski definition) is 2. The summed E-state index contributed by atoms with van der Waals surface area (Å²) in [7, 11) is 0. The molecule has 0 amide bonds. The van der Waals surface area contributed by atoms with E-state index in [2.05, 4.69) is 6.92 Å². The van der Waals surface area contributed by atoms with E-state index in [4.69, 9.17) is 10.5 Å². The molecule has 1 rings (SSSR count). The van der Waals surface area contributed by atoms with E-state index in [1.165, 1.54) is 12.1 Å². The highest BCUT2D eigenvalue weighted by Gasteiger charge is 2.34. The van der Waals surface area contributed by atoms with Crippen LogP contribution in [0.2, 0.25) is 0 Å². The lowest BCUT2D eigenvalue weighted by atomic mass is 10.1. The zero-order valence-corrected chi connectivity index (χ0v) is 10.4. The van der Waals surface area contributed by atoms with Gasteiger partial charge in [-0.15, -0.1) is 0 Å². The number of halogens is 3. The summed E-state index contributed by atoms with van der Waals surface area (Å²) in [5.41, 5.74) is 4.64. The zero-order chi connectivity index (χ0) is 13.6. The van der Waals surface area contributed by atoms with Crippen molar-refractivity contribution >= 4 is 5.69 Å². The predicted molar refractivity (Wildman–Crippen MR) is 65.5 cm³/mol. The van der Waals surface area contributed by atoms with E-state index >= 15 is 0 Å². The van der Waals surface area contributed by atoms with Crippen LogP contribution in [-0.2, 0) is 6.18 Å². The van der Waals surface area contributed by atoms with Gasteiger partial charge in [0.15, 0.2) is 0 Å². The molecule has 0 aliphatic carbocycles. The quantitative estimate of drug-likeness (QED) is 0.613. The molecule has 0 spiro atoms. The fourth-order valence-electron chi connectivity index (χ4n) is 1.61. The van der Waals surface area contributed by atoms with Gasteiger partial charge in [-0.3, -0.25) is 0 Å². The Labute approximate surface area is 105 Å². The largest absolute Gasteiger partial charge is 0.493 e. The van der Waals surface area contributed by atoms with Gasteiger partial charge in [-0.25, -0.2) is 0 Å². The molecule has 2 N–H and O–H groups in total. The number of benzene rings is 1. The van der Waals surface area contributed by atoms with Crippen LogP contribution in [-0.4, -0.2) is 6.61 Å². The Kier molecular flexibility index (Phi) is 5.31. The maximum Gasteiger partial charge on any atom is 0.420 e. The lowest BCUT2D eigenvalue weighted by Crippen LogP contribution is -2.10. The number of hydrogen-bond donors (Lipinski definition) is 1. The molecule has 0 unspecified atom stereocenters.